The predicted molar refractivity (Wildman–Crippen MR) is 57.5 cm³/mol. The lowest BCUT2D eigenvalue weighted by atomic mass is 10.3. The van der Waals surface area contributed by atoms with Gasteiger partial charge in [-0.1, -0.05) is 5.16 Å². The van der Waals surface area contributed by atoms with Crippen molar-refractivity contribution in [3.63, 3.8) is 0 Å². The number of rotatable bonds is 6. The van der Waals surface area contributed by atoms with E-state index in [1.165, 1.54) is 35.4 Å². The van der Waals surface area contributed by atoms with Gasteiger partial charge in [-0.15, -0.1) is 0 Å². The molecule has 16 heavy (non-hydrogen) atoms. The SMILES string of the molecule is CO/N=C(/C(=O)OC)C(C)P(=O)(OC)OC. The summed E-state index contributed by atoms with van der Waals surface area (Å²) in [5.41, 5.74) is -1.04. The molecule has 0 N–H and O–H groups in total. The third-order valence-electron chi connectivity index (χ3n) is 1.96. The Hall–Kier alpha value is -0.910. The molecule has 0 rings (SSSR count). The molecule has 0 heterocycles. The quantitative estimate of drug-likeness (QED) is 0.304. The summed E-state index contributed by atoms with van der Waals surface area (Å²) >= 11 is 0. The number of oxime groups is 1. The van der Waals surface area contributed by atoms with Gasteiger partial charge in [0.2, 0.25) is 0 Å². The van der Waals surface area contributed by atoms with Crippen molar-refractivity contribution in [1.82, 2.24) is 0 Å². The molecular formula is C8H16NO6P. The minimum absolute atomic E-state index is 0.156. The normalized spacial score (nSPS) is 14.4. The van der Waals surface area contributed by atoms with Crippen molar-refractivity contribution in [3.8, 4) is 0 Å². The van der Waals surface area contributed by atoms with Gasteiger partial charge in [-0.25, -0.2) is 4.79 Å². The van der Waals surface area contributed by atoms with Crippen LogP contribution in [-0.4, -0.2) is 45.8 Å². The molecule has 8 heteroatoms. The van der Waals surface area contributed by atoms with Crippen molar-refractivity contribution in [2.24, 2.45) is 5.16 Å². The summed E-state index contributed by atoms with van der Waals surface area (Å²) in [6.07, 6.45) is 0. The van der Waals surface area contributed by atoms with Gasteiger partial charge in [-0.3, -0.25) is 4.57 Å². The van der Waals surface area contributed by atoms with Crippen LogP contribution in [0.5, 0.6) is 0 Å². The highest BCUT2D eigenvalue weighted by Gasteiger charge is 2.38. The maximum absolute atomic E-state index is 12.0. The lowest BCUT2D eigenvalue weighted by Gasteiger charge is -2.20. The molecular weight excluding hydrogens is 237 g/mol. The zero-order valence-corrected chi connectivity index (χ0v) is 10.8. The van der Waals surface area contributed by atoms with Gasteiger partial charge in [-0.05, 0) is 6.92 Å². The average Bonchev–Trinajstić information content (AvgIpc) is 2.33. The van der Waals surface area contributed by atoms with Crippen LogP contribution in [0.15, 0.2) is 5.16 Å². The van der Waals surface area contributed by atoms with E-state index in [0.717, 1.165) is 0 Å². The molecule has 0 aliphatic heterocycles. The molecule has 0 aromatic carbocycles. The lowest BCUT2D eigenvalue weighted by Crippen LogP contribution is -2.28. The number of methoxy groups -OCH3 is 1. The second kappa shape index (κ2) is 6.62. The number of hydrogen-bond acceptors (Lipinski definition) is 7. The van der Waals surface area contributed by atoms with E-state index in [9.17, 15) is 9.36 Å². The maximum Gasteiger partial charge on any atom is 0.356 e. The smallest absolute Gasteiger partial charge is 0.356 e. The molecule has 1 unspecified atom stereocenters. The molecule has 0 aromatic rings. The Kier molecular flexibility index (Phi) is 6.25. The van der Waals surface area contributed by atoms with Crippen LogP contribution in [0.2, 0.25) is 0 Å². The summed E-state index contributed by atoms with van der Waals surface area (Å²) in [6.45, 7) is 1.47. The van der Waals surface area contributed by atoms with E-state index in [1.807, 2.05) is 0 Å². The number of carbonyl (C=O) groups is 1. The molecule has 0 bridgehead atoms. The Morgan fingerprint density at radius 2 is 1.69 bits per heavy atom. The largest absolute Gasteiger partial charge is 0.464 e. The Bertz CT molecular complexity index is 308. The van der Waals surface area contributed by atoms with E-state index in [0.29, 0.717) is 0 Å². The minimum atomic E-state index is -3.44. The van der Waals surface area contributed by atoms with E-state index in [4.69, 9.17) is 9.05 Å². The molecule has 0 saturated carbocycles. The van der Waals surface area contributed by atoms with Gasteiger partial charge in [0.15, 0.2) is 5.71 Å². The molecule has 7 nitrogen and oxygen atoms in total. The first kappa shape index (κ1) is 15.1. The summed E-state index contributed by atoms with van der Waals surface area (Å²) in [6, 6.07) is 0. The van der Waals surface area contributed by atoms with Gasteiger partial charge in [0.05, 0.1) is 7.11 Å². The molecule has 0 aliphatic carbocycles. The minimum Gasteiger partial charge on any atom is -0.464 e. The van der Waals surface area contributed by atoms with Crippen molar-refractivity contribution < 1.29 is 28.0 Å². The summed E-state index contributed by atoms with van der Waals surface area (Å²) in [4.78, 5) is 15.8. The van der Waals surface area contributed by atoms with Crippen LogP contribution in [-0.2, 0) is 28.0 Å². The highest BCUT2D eigenvalue weighted by atomic mass is 31.2. The number of carbonyl (C=O) groups excluding carboxylic acids is 1. The fourth-order valence-electron chi connectivity index (χ4n) is 1.03. The van der Waals surface area contributed by atoms with E-state index in [1.54, 1.807) is 0 Å². The average molecular weight is 253 g/mol. The van der Waals surface area contributed by atoms with Gasteiger partial charge in [0.25, 0.3) is 0 Å². The van der Waals surface area contributed by atoms with Gasteiger partial charge in [0.1, 0.15) is 12.8 Å². The molecule has 0 saturated heterocycles. The maximum atomic E-state index is 12.0. The van der Waals surface area contributed by atoms with Crippen LogP contribution in [0.1, 0.15) is 6.92 Å². The molecule has 0 aromatic heterocycles. The van der Waals surface area contributed by atoms with Crippen molar-refractivity contribution in [3.05, 3.63) is 0 Å². The summed E-state index contributed by atoms with van der Waals surface area (Å²) in [7, 11) is 1.46. The highest BCUT2D eigenvalue weighted by Crippen LogP contribution is 2.51. The van der Waals surface area contributed by atoms with Crippen molar-refractivity contribution in [1.29, 1.82) is 0 Å². The van der Waals surface area contributed by atoms with E-state index in [2.05, 4.69) is 14.7 Å². The third kappa shape index (κ3) is 3.30. The van der Waals surface area contributed by atoms with Crippen molar-refractivity contribution in [2.75, 3.05) is 28.4 Å². The Labute approximate surface area is 94.2 Å². The Balaban J connectivity index is 5.17. The fraction of sp³-hybridized carbons (Fsp3) is 0.750. The van der Waals surface area contributed by atoms with Gasteiger partial charge in [0, 0.05) is 14.2 Å². The van der Waals surface area contributed by atoms with Crippen LogP contribution < -0.4 is 0 Å². The summed E-state index contributed by atoms with van der Waals surface area (Å²) in [5, 5.41) is 3.47. The predicted octanol–water partition coefficient (Wildman–Crippen LogP) is 1.04. The number of ether oxygens (including phenoxy) is 1. The number of nitrogens with zero attached hydrogens (tertiary/aromatic N) is 1. The highest BCUT2D eigenvalue weighted by molar-refractivity contribution is 7.56. The van der Waals surface area contributed by atoms with Crippen molar-refractivity contribution >= 4 is 19.3 Å². The first-order valence-corrected chi connectivity index (χ1v) is 5.98. The summed E-state index contributed by atoms with van der Waals surface area (Å²) < 4.78 is 26.0. The van der Waals surface area contributed by atoms with Crippen LogP contribution >= 0.6 is 7.60 Å². The molecule has 1 atom stereocenters. The Morgan fingerprint density at radius 1 is 1.19 bits per heavy atom. The standard InChI is InChI=1S/C8H16NO6P/c1-6(16(11,14-4)15-5)7(9-13-3)8(10)12-2/h6H,1-5H3/b9-7+. The molecule has 0 aliphatic rings. The van der Waals surface area contributed by atoms with Gasteiger partial charge < -0.3 is 18.6 Å². The van der Waals surface area contributed by atoms with Crippen molar-refractivity contribution in [2.45, 2.75) is 12.6 Å². The summed E-state index contributed by atoms with van der Waals surface area (Å²) in [5.74, 6) is -0.747. The van der Waals surface area contributed by atoms with Gasteiger partial charge >= 0.3 is 13.6 Å². The van der Waals surface area contributed by atoms with Crippen LogP contribution in [0, 0.1) is 0 Å². The monoisotopic (exact) mass is 253 g/mol. The lowest BCUT2D eigenvalue weighted by molar-refractivity contribution is -0.133. The molecule has 0 fully saturated rings. The topological polar surface area (TPSA) is 83.4 Å². The van der Waals surface area contributed by atoms with Crippen LogP contribution in [0.4, 0.5) is 0 Å². The molecule has 0 amide bonds. The van der Waals surface area contributed by atoms with E-state index in [-0.39, 0.29) is 5.71 Å². The first-order valence-electron chi connectivity index (χ1n) is 4.37. The van der Waals surface area contributed by atoms with E-state index >= 15 is 0 Å². The zero-order valence-electron chi connectivity index (χ0n) is 9.92. The molecule has 94 valence electrons. The second-order valence-electron chi connectivity index (χ2n) is 2.73. The first-order chi connectivity index (χ1) is 7.46. The Morgan fingerprint density at radius 3 is 2.00 bits per heavy atom. The zero-order chi connectivity index (χ0) is 12.8. The third-order valence-corrected chi connectivity index (χ3v) is 4.17. The number of hydrogen-bond donors (Lipinski definition) is 0. The fourth-order valence-corrected chi connectivity index (χ4v) is 2.26. The molecule has 0 spiro atoms. The second-order valence-corrected chi connectivity index (χ2v) is 5.32. The van der Waals surface area contributed by atoms with E-state index < -0.39 is 19.2 Å². The molecule has 0 radical (unpaired) electrons. The number of esters is 1. The van der Waals surface area contributed by atoms with Crippen LogP contribution in [0.25, 0.3) is 0 Å². The van der Waals surface area contributed by atoms with Gasteiger partial charge in [-0.2, -0.15) is 0 Å². The van der Waals surface area contributed by atoms with Crippen LogP contribution in [0.3, 0.4) is 0 Å².